The number of pyridine rings is 1. The lowest BCUT2D eigenvalue weighted by Crippen LogP contribution is -2.18. The van der Waals surface area contributed by atoms with Crippen LogP contribution in [0.25, 0.3) is 16.6 Å². The Morgan fingerprint density at radius 3 is 2.87 bits per heavy atom. The molecule has 0 spiro atoms. The maximum Gasteiger partial charge on any atom is 0.0893 e. The standard InChI is InChI=1S/C17H20N6/c1-22-9-12(5-21-22)11-4-16(17-2-3-20-23(17)10-11)19-8-15-13-6-18-7-14(13)15/h2-5,9-10,13-15,18-19H,6-8H2,1H3/t13-,14+,15+. The van der Waals surface area contributed by atoms with E-state index in [9.17, 15) is 0 Å². The van der Waals surface area contributed by atoms with Gasteiger partial charge in [0.15, 0.2) is 0 Å². The number of aryl methyl sites for hydroxylation is 1. The van der Waals surface area contributed by atoms with Crippen LogP contribution in [0.15, 0.2) is 36.9 Å². The van der Waals surface area contributed by atoms with Gasteiger partial charge in [-0.15, -0.1) is 0 Å². The van der Waals surface area contributed by atoms with Crippen molar-refractivity contribution in [1.82, 2.24) is 24.7 Å². The minimum atomic E-state index is 0.821. The van der Waals surface area contributed by atoms with E-state index < -0.39 is 0 Å². The third kappa shape index (κ3) is 2.13. The third-order valence-electron chi connectivity index (χ3n) is 5.34. The number of fused-ring (bicyclic) bond motifs is 2. The SMILES string of the molecule is Cn1cc(-c2cc(NC[C@H]3[C@@H]4CNC[C@@H]43)c3ccnn3c2)cn1. The summed E-state index contributed by atoms with van der Waals surface area (Å²) in [6.07, 6.45) is 7.84. The Labute approximate surface area is 134 Å². The lowest BCUT2D eigenvalue weighted by molar-refractivity contribution is 0.615. The summed E-state index contributed by atoms with van der Waals surface area (Å²) in [6, 6.07) is 4.27. The first-order valence-electron chi connectivity index (χ1n) is 8.20. The van der Waals surface area contributed by atoms with Gasteiger partial charge in [0.1, 0.15) is 0 Å². The normalized spacial score (nSPS) is 25.7. The number of rotatable bonds is 4. The molecule has 2 aliphatic rings. The predicted molar refractivity (Wildman–Crippen MR) is 89.2 cm³/mol. The number of hydrogen-bond acceptors (Lipinski definition) is 4. The molecule has 2 N–H and O–H groups in total. The summed E-state index contributed by atoms with van der Waals surface area (Å²) in [6.45, 7) is 3.43. The summed E-state index contributed by atoms with van der Waals surface area (Å²) in [5.41, 5.74) is 4.53. The lowest BCUT2D eigenvalue weighted by Gasteiger charge is -2.11. The second-order valence-corrected chi connectivity index (χ2v) is 6.74. The van der Waals surface area contributed by atoms with Crippen molar-refractivity contribution < 1.29 is 0 Å². The summed E-state index contributed by atoms with van der Waals surface area (Å²) < 4.78 is 3.77. The van der Waals surface area contributed by atoms with Crippen molar-refractivity contribution in [2.45, 2.75) is 0 Å². The lowest BCUT2D eigenvalue weighted by atomic mass is 10.1. The van der Waals surface area contributed by atoms with Gasteiger partial charge in [-0.05, 0) is 43.0 Å². The number of hydrogen-bond donors (Lipinski definition) is 2. The van der Waals surface area contributed by atoms with Crippen LogP contribution in [0.4, 0.5) is 5.69 Å². The van der Waals surface area contributed by atoms with Crippen LogP contribution in [0.3, 0.4) is 0 Å². The fourth-order valence-corrected chi connectivity index (χ4v) is 3.98. The first-order chi connectivity index (χ1) is 11.3. The molecule has 23 heavy (non-hydrogen) atoms. The molecule has 3 aromatic heterocycles. The number of aromatic nitrogens is 4. The van der Waals surface area contributed by atoms with Crippen LogP contribution in [0.1, 0.15) is 0 Å². The number of piperidine rings is 1. The van der Waals surface area contributed by atoms with E-state index in [1.807, 2.05) is 34.8 Å². The van der Waals surface area contributed by atoms with Gasteiger partial charge in [0.2, 0.25) is 0 Å². The molecule has 3 atom stereocenters. The predicted octanol–water partition coefficient (Wildman–Crippen LogP) is 1.61. The fraction of sp³-hybridized carbons (Fsp3) is 0.412. The Morgan fingerprint density at radius 1 is 1.22 bits per heavy atom. The van der Waals surface area contributed by atoms with Gasteiger partial charge < -0.3 is 10.6 Å². The van der Waals surface area contributed by atoms with Crippen LogP contribution in [-0.4, -0.2) is 39.0 Å². The van der Waals surface area contributed by atoms with E-state index in [1.54, 1.807) is 0 Å². The van der Waals surface area contributed by atoms with Gasteiger partial charge in [-0.3, -0.25) is 4.68 Å². The van der Waals surface area contributed by atoms with E-state index in [0.717, 1.165) is 46.6 Å². The van der Waals surface area contributed by atoms with Gasteiger partial charge >= 0.3 is 0 Å². The molecule has 1 aliphatic carbocycles. The highest BCUT2D eigenvalue weighted by Crippen LogP contribution is 2.48. The third-order valence-corrected chi connectivity index (χ3v) is 5.34. The molecule has 0 unspecified atom stereocenters. The highest BCUT2D eigenvalue weighted by atomic mass is 15.2. The second-order valence-electron chi connectivity index (χ2n) is 6.74. The summed E-state index contributed by atoms with van der Waals surface area (Å²) in [5.74, 6) is 2.58. The van der Waals surface area contributed by atoms with Crippen LogP contribution < -0.4 is 10.6 Å². The van der Waals surface area contributed by atoms with Gasteiger partial charge in [-0.25, -0.2) is 4.52 Å². The van der Waals surface area contributed by atoms with Crippen molar-refractivity contribution >= 4 is 11.2 Å². The fourth-order valence-electron chi connectivity index (χ4n) is 3.98. The molecule has 4 heterocycles. The van der Waals surface area contributed by atoms with Crippen LogP contribution >= 0.6 is 0 Å². The molecule has 1 aliphatic heterocycles. The summed E-state index contributed by atoms with van der Waals surface area (Å²) in [4.78, 5) is 0. The van der Waals surface area contributed by atoms with Crippen LogP contribution in [0, 0.1) is 17.8 Å². The molecule has 1 saturated heterocycles. The Hall–Kier alpha value is -2.34. The molecule has 6 nitrogen and oxygen atoms in total. The second kappa shape index (κ2) is 4.83. The van der Waals surface area contributed by atoms with E-state index in [4.69, 9.17) is 0 Å². The first kappa shape index (κ1) is 13.1. The zero-order valence-corrected chi connectivity index (χ0v) is 13.1. The summed E-state index contributed by atoms with van der Waals surface area (Å²) in [5, 5.41) is 15.8. The zero-order chi connectivity index (χ0) is 15.4. The topological polar surface area (TPSA) is 59.2 Å². The Morgan fingerprint density at radius 2 is 2.09 bits per heavy atom. The van der Waals surface area contributed by atoms with Crippen LogP contribution in [0.2, 0.25) is 0 Å². The van der Waals surface area contributed by atoms with Crippen molar-refractivity contribution in [1.29, 1.82) is 0 Å². The molecule has 5 rings (SSSR count). The maximum atomic E-state index is 4.41. The molecular formula is C17H20N6. The minimum Gasteiger partial charge on any atom is -0.383 e. The molecule has 118 valence electrons. The molecule has 0 amide bonds. The largest absolute Gasteiger partial charge is 0.383 e. The van der Waals surface area contributed by atoms with E-state index in [2.05, 4.69) is 39.2 Å². The summed E-state index contributed by atoms with van der Waals surface area (Å²) >= 11 is 0. The number of anilines is 1. The molecule has 3 aromatic rings. The van der Waals surface area contributed by atoms with Gasteiger partial charge in [-0.1, -0.05) is 0 Å². The Bertz CT molecular complexity index is 853. The van der Waals surface area contributed by atoms with Gasteiger partial charge in [0, 0.05) is 37.1 Å². The van der Waals surface area contributed by atoms with Gasteiger partial charge in [0.05, 0.1) is 23.6 Å². The molecule has 1 saturated carbocycles. The van der Waals surface area contributed by atoms with Crippen molar-refractivity contribution in [3.05, 3.63) is 36.9 Å². The zero-order valence-electron chi connectivity index (χ0n) is 13.1. The molecular weight excluding hydrogens is 288 g/mol. The summed E-state index contributed by atoms with van der Waals surface area (Å²) in [7, 11) is 1.94. The molecule has 2 fully saturated rings. The highest BCUT2D eigenvalue weighted by molar-refractivity contribution is 5.78. The smallest absolute Gasteiger partial charge is 0.0893 e. The van der Waals surface area contributed by atoms with E-state index in [-0.39, 0.29) is 0 Å². The monoisotopic (exact) mass is 308 g/mol. The van der Waals surface area contributed by atoms with Crippen molar-refractivity contribution in [2.75, 3.05) is 25.0 Å². The average molecular weight is 308 g/mol. The van der Waals surface area contributed by atoms with Gasteiger partial charge in [0.25, 0.3) is 0 Å². The number of nitrogens with one attached hydrogen (secondary N) is 2. The van der Waals surface area contributed by atoms with E-state index >= 15 is 0 Å². The average Bonchev–Trinajstić information content (AvgIpc) is 3.07. The number of nitrogens with zero attached hydrogens (tertiary/aromatic N) is 4. The Kier molecular flexibility index (Phi) is 2.76. The van der Waals surface area contributed by atoms with E-state index in [0.29, 0.717) is 0 Å². The quantitative estimate of drug-likeness (QED) is 0.769. The molecule has 0 radical (unpaired) electrons. The molecule has 6 heteroatoms. The van der Waals surface area contributed by atoms with Crippen molar-refractivity contribution in [2.24, 2.45) is 24.8 Å². The van der Waals surface area contributed by atoms with Gasteiger partial charge in [-0.2, -0.15) is 10.2 Å². The maximum absolute atomic E-state index is 4.41. The van der Waals surface area contributed by atoms with Crippen molar-refractivity contribution in [3.63, 3.8) is 0 Å². The molecule has 0 bridgehead atoms. The minimum absolute atomic E-state index is 0.821. The highest BCUT2D eigenvalue weighted by Gasteiger charge is 2.52. The van der Waals surface area contributed by atoms with Crippen LogP contribution in [-0.2, 0) is 7.05 Å². The first-order valence-corrected chi connectivity index (χ1v) is 8.20. The van der Waals surface area contributed by atoms with Crippen molar-refractivity contribution in [3.8, 4) is 11.1 Å². The van der Waals surface area contributed by atoms with Crippen LogP contribution in [0.5, 0.6) is 0 Å². The van der Waals surface area contributed by atoms with E-state index in [1.165, 1.54) is 13.1 Å². The molecule has 0 aromatic carbocycles. The Balaban J connectivity index is 1.45.